The van der Waals surface area contributed by atoms with Crippen molar-refractivity contribution in [3.05, 3.63) is 60.4 Å². The summed E-state index contributed by atoms with van der Waals surface area (Å²) in [6.07, 6.45) is 3.52. The predicted octanol–water partition coefficient (Wildman–Crippen LogP) is 4.40. The number of H-pyrrole nitrogens is 1. The summed E-state index contributed by atoms with van der Waals surface area (Å²) < 4.78 is 13.1. The van der Waals surface area contributed by atoms with Crippen LogP contribution in [0.5, 0.6) is 0 Å². The summed E-state index contributed by atoms with van der Waals surface area (Å²) in [4.78, 5) is 12.2. The van der Waals surface area contributed by atoms with Crippen molar-refractivity contribution in [3.8, 4) is 22.5 Å². The largest absolute Gasteiger partial charge is 0.341 e. The van der Waals surface area contributed by atoms with Crippen LogP contribution in [0.1, 0.15) is 25.6 Å². The molecule has 3 aromatic rings. The van der Waals surface area contributed by atoms with Crippen molar-refractivity contribution in [2.45, 2.75) is 19.8 Å². The summed E-state index contributed by atoms with van der Waals surface area (Å²) >= 11 is 0. The van der Waals surface area contributed by atoms with Gasteiger partial charge in [0.05, 0.1) is 11.4 Å². The number of nitrogens with zero attached hydrogens (tertiary/aromatic N) is 2. The minimum absolute atomic E-state index is 0.245. The number of rotatable bonds is 3. The average Bonchev–Trinajstić information content (AvgIpc) is 2.94. The molecule has 0 aliphatic heterocycles. The Morgan fingerprint density at radius 3 is 2.43 bits per heavy atom. The van der Waals surface area contributed by atoms with E-state index in [1.54, 1.807) is 24.5 Å². The molecule has 0 saturated carbocycles. The van der Waals surface area contributed by atoms with Gasteiger partial charge in [-0.25, -0.2) is 9.37 Å². The molecule has 3 nitrogen and oxygen atoms in total. The molecule has 0 atom stereocenters. The number of aromatic nitrogens is 3. The molecule has 0 spiro atoms. The second-order valence-electron chi connectivity index (χ2n) is 5.25. The van der Waals surface area contributed by atoms with Crippen molar-refractivity contribution >= 4 is 0 Å². The summed E-state index contributed by atoms with van der Waals surface area (Å²) in [5.41, 5.74) is 3.60. The number of nitrogens with one attached hydrogen (secondary N) is 1. The van der Waals surface area contributed by atoms with E-state index in [4.69, 9.17) is 0 Å². The van der Waals surface area contributed by atoms with Gasteiger partial charge in [0.2, 0.25) is 0 Å². The van der Waals surface area contributed by atoms with Gasteiger partial charge in [-0.15, -0.1) is 0 Å². The van der Waals surface area contributed by atoms with Crippen LogP contribution in [0.15, 0.2) is 48.8 Å². The molecule has 21 heavy (non-hydrogen) atoms. The zero-order chi connectivity index (χ0) is 14.8. The van der Waals surface area contributed by atoms with Crippen LogP contribution in [0.2, 0.25) is 0 Å². The quantitative estimate of drug-likeness (QED) is 0.773. The molecule has 3 rings (SSSR count). The molecule has 1 N–H and O–H groups in total. The fourth-order valence-electron chi connectivity index (χ4n) is 2.20. The number of benzene rings is 1. The van der Waals surface area contributed by atoms with E-state index in [9.17, 15) is 4.39 Å². The highest BCUT2D eigenvalue weighted by atomic mass is 19.1. The fraction of sp³-hybridized carbons (Fsp3) is 0.176. The third kappa shape index (κ3) is 2.70. The Morgan fingerprint density at radius 2 is 1.81 bits per heavy atom. The van der Waals surface area contributed by atoms with E-state index < -0.39 is 0 Å². The SMILES string of the molecule is CC(C)c1nc(-c2cccnc2)c(-c2ccc(F)cc2)[nH]1. The monoisotopic (exact) mass is 281 g/mol. The number of halogens is 1. The number of pyridine rings is 1. The molecule has 106 valence electrons. The van der Waals surface area contributed by atoms with Crippen LogP contribution in [0, 0.1) is 5.82 Å². The van der Waals surface area contributed by atoms with Gasteiger partial charge in [-0.3, -0.25) is 4.98 Å². The highest BCUT2D eigenvalue weighted by Crippen LogP contribution is 2.31. The van der Waals surface area contributed by atoms with E-state index in [1.807, 2.05) is 12.1 Å². The molecule has 2 aromatic heterocycles. The van der Waals surface area contributed by atoms with Crippen LogP contribution in [0.4, 0.5) is 4.39 Å². The smallest absolute Gasteiger partial charge is 0.123 e. The molecule has 2 heterocycles. The normalized spacial score (nSPS) is 11.0. The van der Waals surface area contributed by atoms with Crippen LogP contribution in [0.25, 0.3) is 22.5 Å². The van der Waals surface area contributed by atoms with E-state index in [1.165, 1.54) is 12.1 Å². The first-order valence-corrected chi connectivity index (χ1v) is 6.91. The van der Waals surface area contributed by atoms with E-state index in [-0.39, 0.29) is 11.7 Å². The maximum atomic E-state index is 13.1. The van der Waals surface area contributed by atoms with Crippen molar-refractivity contribution < 1.29 is 4.39 Å². The third-order valence-electron chi connectivity index (χ3n) is 3.34. The Balaban J connectivity index is 2.16. The number of hydrogen-bond acceptors (Lipinski definition) is 2. The third-order valence-corrected chi connectivity index (χ3v) is 3.34. The zero-order valence-corrected chi connectivity index (χ0v) is 12.0. The predicted molar refractivity (Wildman–Crippen MR) is 81.3 cm³/mol. The van der Waals surface area contributed by atoms with Crippen LogP contribution in [-0.2, 0) is 0 Å². The number of hydrogen-bond donors (Lipinski definition) is 1. The molecule has 0 radical (unpaired) electrons. The molecule has 0 fully saturated rings. The molecule has 0 unspecified atom stereocenters. The molecule has 0 amide bonds. The second-order valence-corrected chi connectivity index (χ2v) is 5.25. The Kier molecular flexibility index (Phi) is 3.52. The molecular weight excluding hydrogens is 265 g/mol. The first-order chi connectivity index (χ1) is 10.1. The molecule has 0 aliphatic carbocycles. The molecule has 4 heteroatoms. The molecule has 0 aliphatic rings. The van der Waals surface area contributed by atoms with Crippen molar-refractivity contribution in [2.24, 2.45) is 0 Å². The Bertz CT molecular complexity index is 730. The summed E-state index contributed by atoms with van der Waals surface area (Å²) in [7, 11) is 0. The standard InChI is InChI=1S/C17H16FN3/c1-11(2)17-20-15(12-5-7-14(18)8-6-12)16(21-17)13-4-3-9-19-10-13/h3-11H,1-2H3,(H,20,21). The Hall–Kier alpha value is -2.49. The first-order valence-electron chi connectivity index (χ1n) is 6.91. The van der Waals surface area contributed by atoms with Crippen LogP contribution >= 0.6 is 0 Å². The van der Waals surface area contributed by atoms with Crippen molar-refractivity contribution in [3.63, 3.8) is 0 Å². The second kappa shape index (κ2) is 5.48. The maximum Gasteiger partial charge on any atom is 0.123 e. The Labute approximate surface area is 122 Å². The van der Waals surface area contributed by atoms with Gasteiger partial charge in [0.25, 0.3) is 0 Å². The zero-order valence-electron chi connectivity index (χ0n) is 12.0. The van der Waals surface area contributed by atoms with Gasteiger partial charge in [0.15, 0.2) is 0 Å². The fourth-order valence-corrected chi connectivity index (χ4v) is 2.20. The van der Waals surface area contributed by atoms with Gasteiger partial charge < -0.3 is 4.98 Å². The van der Waals surface area contributed by atoms with Crippen molar-refractivity contribution in [1.82, 2.24) is 15.0 Å². The molecular formula is C17H16FN3. The molecule has 0 bridgehead atoms. The van der Waals surface area contributed by atoms with E-state index >= 15 is 0 Å². The summed E-state index contributed by atoms with van der Waals surface area (Å²) in [5.74, 6) is 0.952. The van der Waals surface area contributed by atoms with E-state index in [0.717, 1.165) is 28.3 Å². The minimum Gasteiger partial charge on any atom is -0.341 e. The molecule has 1 aromatic carbocycles. The van der Waals surface area contributed by atoms with Crippen LogP contribution in [0.3, 0.4) is 0 Å². The maximum absolute atomic E-state index is 13.1. The topological polar surface area (TPSA) is 41.6 Å². The van der Waals surface area contributed by atoms with Gasteiger partial charge >= 0.3 is 0 Å². The lowest BCUT2D eigenvalue weighted by Gasteiger charge is -2.02. The summed E-state index contributed by atoms with van der Waals surface area (Å²) in [6.45, 7) is 4.17. The van der Waals surface area contributed by atoms with Crippen LogP contribution in [-0.4, -0.2) is 15.0 Å². The van der Waals surface area contributed by atoms with E-state index in [0.29, 0.717) is 0 Å². The number of aromatic amines is 1. The minimum atomic E-state index is -0.245. The lowest BCUT2D eigenvalue weighted by atomic mass is 10.1. The van der Waals surface area contributed by atoms with Gasteiger partial charge in [0.1, 0.15) is 11.6 Å². The lowest BCUT2D eigenvalue weighted by Crippen LogP contribution is -1.89. The summed E-state index contributed by atoms with van der Waals surface area (Å²) in [6, 6.07) is 10.3. The van der Waals surface area contributed by atoms with Crippen LogP contribution < -0.4 is 0 Å². The average molecular weight is 281 g/mol. The summed E-state index contributed by atoms with van der Waals surface area (Å²) in [5, 5.41) is 0. The van der Waals surface area contributed by atoms with Gasteiger partial charge in [-0.05, 0) is 36.4 Å². The first kappa shape index (κ1) is 13.5. The van der Waals surface area contributed by atoms with Crippen molar-refractivity contribution in [1.29, 1.82) is 0 Å². The highest BCUT2D eigenvalue weighted by Gasteiger charge is 2.15. The molecule has 0 saturated heterocycles. The highest BCUT2D eigenvalue weighted by molar-refractivity contribution is 5.78. The van der Waals surface area contributed by atoms with Gasteiger partial charge in [-0.1, -0.05) is 13.8 Å². The number of imidazole rings is 1. The van der Waals surface area contributed by atoms with Gasteiger partial charge in [0, 0.05) is 29.4 Å². The van der Waals surface area contributed by atoms with E-state index in [2.05, 4.69) is 28.8 Å². The van der Waals surface area contributed by atoms with Gasteiger partial charge in [-0.2, -0.15) is 0 Å². The Morgan fingerprint density at radius 1 is 1.05 bits per heavy atom. The van der Waals surface area contributed by atoms with Crippen molar-refractivity contribution in [2.75, 3.05) is 0 Å². The lowest BCUT2D eigenvalue weighted by molar-refractivity contribution is 0.628.